The van der Waals surface area contributed by atoms with Crippen LogP contribution in [0, 0.1) is 0 Å². The molecule has 4 nitrogen and oxygen atoms in total. The molecule has 0 radical (unpaired) electrons. The topological polar surface area (TPSA) is 49.8 Å². The van der Waals surface area contributed by atoms with Crippen molar-refractivity contribution >= 4 is 5.82 Å². The summed E-state index contributed by atoms with van der Waals surface area (Å²) < 4.78 is 0. The maximum absolute atomic E-state index is 4.47. The number of aromatic nitrogens is 2. The quantitative estimate of drug-likeness (QED) is 0.760. The average molecular weight is 330 g/mol. The molecule has 0 fully saturated rings. The second-order valence-electron chi connectivity index (χ2n) is 6.43. The van der Waals surface area contributed by atoms with Crippen molar-refractivity contribution in [1.82, 2.24) is 15.3 Å². The van der Waals surface area contributed by atoms with E-state index in [0.29, 0.717) is 0 Å². The van der Waals surface area contributed by atoms with Crippen LogP contribution in [0.2, 0.25) is 0 Å². The van der Waals surface area contributed by atoms with Crippen molar-refractivity contribution in [3.05, 3.63) is 77.7 Å². The van der Waals surface area contributed by atoms with Gasteiger partial charge in [-0.25, -0.2) is 9.97 Å². The van der Waals surface area contributed by atoms with Gasteiger partial charge >= 0.3 is 0 Å². The Bertz CT molecular complexity index is 844. The maximum Gasteiger partial charge on any atom is 0.133 e. The number of hydrogen-bond donors (Lipinski definition) is 2. The van der Waals surface area contributed by atoms with Gasteiger partial charge in [0.1, 0.15) is 12.1 Å². The van der Waals surface area contributed by atoms with E-state index in [0.717, 1.165) is 31.0 Å². The first-order valence-corrected chi connectivity index (χ1v) is 8.76. The molecule has 0 bridgehead atoms. The van der Waals surface area contributed by atoms with Crippen LogP contribution in [-0.2, 0) is 13.0 Å². The Morgan fingerprint density at radius 3 is 2.52 bits per heavy atom. The van der Waals surface area contributed by atoms with Gasteiger partial charge in [0, 0.05) is 18.2 Å². The second-order valence-corrected chi connectivity index (χ2v) is 6.43. The molecule has 2 aromatic carbocycles. The Morgan fingerprint density at radius 1 is 0.960 bits per heavy atom. The van der Waals surface area contributed by atoms with Gasteiger partial charge in [0.15, 0.2) is 0 Å². The molecule has 1 unspecified atom stereocenters. The highest BCUT2D eigenvalue weighted by Gasteiger charge is 2.16. The molecule has 0 saturated carbocycles. The first-order chi connectivity index (χ1) is 12.3. The Balaban J connectivity index is 1.53. The summed E-state index contributed by atoms with van der Waals surface area (Å²) >= 11 is 0. The van der Waals surface area contributed by atoms with E-state index >= 15 is 0 Å². The minimum atomic E-state index is 0.193. The van der Waals surface area contributed by atoms with E-state index in [-0.39, 0.29) is 6.04 Å². The van der Waals surface area contributed by atoms with Gasteiger partial charge in [-0.3, -0.25) is 0 Å². The molecule has 4 heteroatoms. The van der Waals surface area contributed by atoms with Crippen LogP contribution in [0.4, 0.5) is 5.82 Å². The fraction of sp³-hybridized carbons (Fsp3) is 0.238. The van der Waals surface area contributed by atoms with Gasteiger partial charge in [-0.1, -0.05) is 54.6 Å². The van der Waals surface area contributed by atoms with Crippen LogP contribution in [0.3, 0.4) is 0 Å². The smallest absolute Gasteiger partial charge is 0.133 e. The van der Waals surface area contributed by atoms with Crippen LogP contribution in [0.1, 0.15) is 29.8 Å². The van der Waals surface area contributed by atoms with Crippen LogP contribution >= 0.6 is 0 Å². The molecule has 0 amide bonds. The molecule has 4 rings (SSSR count). The SMILES string of the molecule is CC(Nc1ncnc2c1CCNC2)c1ccc(-c2ccccc2)cc1. The van der Waals surface area contributed by atoms with Gasteiger partial charge in [-0.2, -0.15) is 0 Å². The monoisotopic (exact) mass is 330 g/mol. The molecule has 126 valence electrons. The van der Waals surface area contributed by atoms with Crippen molar-refractivity contribution in [2.45, 2.75) is 25.9 Å². The van der Waals surface area contributed by atoms with Crippen molar-refractivity contribution in [2.24, 2.45) is 0 Å². The van der Waals surface area contributed by atoms with Crippen LogP contribution in [0.25, 0.3) is 11.1 Å². The lowest BCUT2D eigenvalue weighted by Crippen LogP contribution is -2.26. The molecule has 1 aliphatic rings. The van der Waals surface area contributed by atoms with Gasteiger partial charge in [0.05, 0.1) is 5.69 Å². The minimum absolute atomic E-state index is 0.193. The van der Waals surface area contributed by atoms with Gasteiger partial charge in [-0.15, -0.1) is 0 Å². The zero-order valence-corrected chi connectivity index (χ0v) is 14.4. The fourth-order valence-electron chi connectivity index (χ4n) is 3.29. The molecular weight excluding hydrogens is 308 g/mol. The van der Waals surface area contributed by atoms with E-state index in [2.05, 4.69) is 76.1 Å². The Morgan fingerprint density at radius 2 is 1.72 bits per heavy atom. The maximum atomic E-state index is 4.47. The summed E-state index contributed by atoms with van der Waals surface area (Å²) in [4.78, 5) is 8.86. The lowest BCUT2D eigenvalue weighted by atomic mass is 10.0. The van der Waals surface area contributed by atoms with Crippen molar-refractivity contribution < 1.29 is 0 Å². The Labute approximate surface area is 148 Å². The molecule has 2 heterocycles. The summed E-state index contributed by atoms with van der Waals surface area (Å²) in [6.45, 7) is 3.98. The third kappa shape index (κ3) is 3.39. The van der Waals surface area contributed by atoms with E-state index < -0.39 is 0 Å². The van der Waals surface area contributed by atoms with E-state index in [1.807, 2.05) is 6.07 Å². The predicted octanol–water partition coefficient (Wildman–Crippen LogP) is 3.96. The van der Waals surface area contributed by atoms with E-state index in [1.165, 1.54) is 22.3 Å². The summed E-state index contributed by atoms with van der Waals surface area (Å²) in [5.74, 6) is 0.964. The van der Waals surface area contributed by atoms with Crippen LogP contribution in [0.15, 0.2) is 60.9 Å². The van der Waals surface area contributed by atoms with Crippen LogP contribution in [0.5, 0.6) is 0 Å². The van der Waals surface area contributed by atoms with E-state index in [9.17, 15) is 0 Å². The molecule has 1 aromatic heterocycles. The third-order valence-corrected chi connectivity index (χ3v) is 4.75. The zero-order valence-electron chi connectivity index (χ0n) is 14.4. The van der Waals surface area contributed by atoms with Crippen LogP contribution < -0.4 is 10.6 Å². The number of fused-ring (bicyclic) bond motifs is 1. The van der Waals surface area contributed by atoms with Gasteiger partial charge in [0.2, 0.25) is 0 Å². The van der Waals surface area contributed by atoms with Gasteiger partial charge < -0.3 is 10.6 Å². The number of anilines is 1. The number of nitrogens with zero attached hydrogens (tertiary/aromatic N) is 2. The minimum Gasteiger partial charge on any atom is -0.363 e. The Kier molecular flexibility index (Phi) is 4.44. The van der Waals surface area contributed by atoms with Crippen molar-refractivity contribution in [3.63, 3.8) is 0 Å². The standard InChI is InChI=1S/C21H22N4/c1-15(25-21-19-11-12-22-13-20(19)23-14-24-21)16-7-9-18(10-8-16)17-5-3-2-4-6-17/h2-10,14-15,22H,11-13H2,1H3,(H,23,24,25). The van der Waals surface area contributed by atoms with Crippen molar-refractivity contribution in [2.75, 3.05) is 11.9 Å². The predicted molar refractivity (Wildman–Crippen MR) is 101 cm³/mol. The molecule has 2 N–H and O–H groups in total. The van der Waals surface area contributed by atoms with Crippen molar-refractivity contribution in [1.29, 1.82) is 0 Å². The van der Waals surface area contributed by atoms with Gasteiger partial charge in [-0.05, 0) is 36.6 Å². The highest BCUT2D eigenvalue weighted by Crippen LogP contribution is 2.26. The van der Waals surface area contributed by atoms with E-state index in [4.69, 9.17) is 0 Å². The lowest BCUT2D eigenvalue weighted by molar-refractivity contribution is 0.623. The second kappa shape index (κ2) is 7.03. The summed E-state index contributed by atoms with van der Waals surface area (Å²) in [5.41, 5.74) is 6.08. The summed E-state index contributed by atoms with van der Waals surface area (Å²) in [5, 5.41) is 6.92. The molecule has 1 atom stereocenters. The largest absolute Gasteiger partial charge is 0.363 e. The average Bonchev–Trinajstić information content (AvgIpc) is 2.69. The summed E-state index contributed by atoms with van der Waals surface area (Å²) in [6.07, 6.45) is 2.62. The molecule has 1 aliphatic heterocycles. The van der Waals surface area contributed by atoms with Crippen molar-refractivity contribution in [3.8, 4) is 11.1 Å². The fourth-order valence-corrected chi connectivity index (χ4v) is 3.29. The number of benzene rings is 2. The Hall–Kier alpha value is -2.72. The lowest BCUT2D eigenvalue weighted by Gasteiger charge is -2.22. The third-order valence-electron chi connectivity index (χ3n) is 4.75. The number of rotatable bonds is 4. The summed E-state index contributed by atoms with van der Waals surface area (Å²) in [7, 11) is 0. The first kappa shape index (κ1) is 15.8. The molecule has 0 aliphatic carbocycles. The number of nitrogens with one attached hydrogen (secondary N) is 2. The van der Waals surface area contributed by atoms with E-state index in [1.54, 1.807) is 6.33 Å². The molecule has 3 aromatic rings. The highest BCUT2D eigenvalue weighted by molar-refractivity contribution is 5.63. The van der Waals surface area contributed by atoms with Crippen LogP contribution in [-0.4, -0.2) is 16.5 Å². The number of hydrogen-bond acceptors (Lipinski definition) is 4. The normalized spacial score (nSPS) is 14.6. The highest BCUT2D eigenvalue weighted by atomic mass is 15.1. The molecule has 0 spiro atoms. The molecular formula is C21H22N4. The first-order valence-electron chi connectivity index (χ1n) is 8.76. The zero-order chi connectivity index (χ0) is 17.1. The molecule has 0 saturated heterocycles. The van der Waals surface area contributed by atoms with Gasteiger partial charge in [0.25, 0.3) is 0 Å². The molecule has 25 heavy (non-hydrogen) atoms. The summed E-state index contributed by atoms with van der Waals surface area (Å²) in [6, 6.07) is 19.4.